The third-order valence-corrected chi connectivity index (χ3v) is 5.90. The van der Waals surface area contributed by atoms with Crippen LogP contribution in [0.2, 0.25) is 0 Å². The van der Waals surface area contributed by atoms with E-state index >= 15 is 0 Å². The summed E-state index contributed by atoms with van der Waals surface area (Å²) in [7, 11) is -2.21. The maximum absolute atomic E-state index is 12.1. The number of carbonyl (C=O) groups excluding carboxylic acids is 1. The molecule has 0 fully saturated rings. The minimum Gasteiger partial charge on any atom is -0.550 e. The molecule has 0 aliphatic heterocycles. The van der Waals surface area contributed by atoms with Crippen molar-refractivity contribution in [1.29, 1.82) is 0 Å². The Kier molecular flexibility index (Phi) is 8.48. The number of hydrogen-bond donors (Lipinski definition) is 2. The maximum atomic E-state index is 12.1. The van der Waals surface area contributed by atoms with Gasteiger partial charge in [0.25, 0.3) is 0 Å². The van der Waals surface area contributed by atoms with Crippen LogP contribution in [0.5, 0.6) is 0 Å². The molecule has 9 nitrogen and oxygen atoms in total. The van der Waals surface area contributed by atoms with E-state index in [9.17, 15) is 28.5 Å². The van der Waals surface area contributed by atoms with Crippen molar-refractivity contribution in [2.24, 2.45) is 0 Å². The largest absolute Gasteiger partial charge is 0.550 e. The lowest BCUT2D eigenvalue weighted by atomic mass is 9.97. The molecule has 0 aliphatic carbocycles. The third-order valence-electron chi connectivity index (χ3n) is 4.74. The quantitative estimate of drug-likeness (QED) is 0.531. The summed E-state index contributed by atoms with van der Waals surface area (Å²) >= 11 is 0. The molecule has 0 amide bonds. The molecule has 1 aromatic carbocycles. The molecule has 10 heteroatoms. The van der Waals surface area contributed by atoms with Crippen molar-refractivity contribution in [2.75, 3.05) is 17.6 Å². The number of sulfonamides is 1. The van der Waals surface area contributed by atoms with Crippen molar-refractivity contribution in [3.05, 3.63) is 47.7 Å². The van der Waals surface area contributed by atoms with Gasteiger partial charge in [-0.05, 0) is 5.92 Å². The minimum atomic E-state index is -3.59. The second kappa shape index (κ2) is 10.7. The fourth-order valence-electron chi connectivity index (χ4n) is 3.02. The Morgan fingerprint density at radius 3 is 2.34 bits per heavy atom. The van der Waals surface area contributed by atoms with Gasteiger partial charge in [-0.3, -0.25) is 0 Å². The van der Waals surface area contributed by atoms with Gasteiger partial charge in [0.15, 0.2) is 0 Å². The molecule has 0 radical (unpaired) electrons. The average Bonchev–Trinajstić information content (AvgIpc) is 2.70. The van der Waals surface area contributed by atoms with E-state index in [-0.39, 0.29) is 18.3 Å². The van der Waals surface area contributed by atoms with Crippen LogP contribution >= 0.6 is 0 Å². The van der Waals surface area contributed by atoms with E-state index in [1.54, 1.807) is 6.08 Å². The number of aliphatic carboxylic acids is 1. The molecule has 0 saturated heterocycles. The first kappa shape index (κ1) is 25.4. The van der Waals surface area contributed by atoms with Crippen molar-refractivity contribution in [3.8, 4) is 11.3 Å². The first-order valence-electron chi connectivity index (χ1n) is 10.1. The van der Waals surface area contributed by atoms with E-state index in [1.165, 1.54) is 13.1 Å². The van der Waals surface area contributed by atoms with Gasteiger partial charge in [0.2, 0.25) is 16.0 Å². The van der Waals surface area contributed by atoms with Gasteiger partial charge in [-0.15, -0.1) is 0 Å². The molecule has 2 N–H and O–H groups in total. The van der Waals surface area contributed by atoms with Crippen LogP contribution < -0.4 is 9.41 Å². The molecule has 0 unspecified atom stereocenters. The summed E-state index contributed by atoms with van der Waals surface area (Å²) in [6, 6.07) is 9.15. The molecule has 2 aromatic rings. The van der Waals surface area contributed by atoms with Crippen LogP contribution in [0.3, 0.4) is 0 Å². The number of hydrogen-bond acceptors (Lipinski definition) is 8. The third kappa shape index (κ3) is 6.84. The number of aliphatic hydroxyl groups excluding tert-OH is 2. The second-order valence-electron chi connectivity index (χ2n) is 7.81. The molecule has 174 valence electrons. The summed E-state index contributed by atoms with van der Waals surface area (Å²) in [6.45, 7) is 3.80. The lowest BCUT2D eigenvalue weighted by Crippen LogP contribution is -2.29. The Hall–Kier alpha value is -2.82. The number of carboxylic acid groups (broad SMARTS) is 1. The number of aliphatic hydroxyl groups is 2. The highest BCUT2D eigenvalue weighted by atomic mass is 32.2. The number of nitrogens with zero attached hydrogens (tertiary/aromatic N) is 3. The number of anilines is 1. The Morgan fingerprint density at radius 1 is 1.19 bits per heavy atom. The van der Waals surface area contributed by atoms with Gasteiger partial charge in [0.05, 0.1) is 29.9 Å². The van der Waals surface area contributed by atoms with Gasteiger partial charge >= 0.3 is 0 Å². The van der Waals surface area contributed by atoms with Crippen molar-refractivity contribution < 1.29 is 28.5 Å². The SMILES string of the molecule is CC(C)c1nc(N(C)S(C)(=O)=O)nc(-c2ccccc2)c1/C=C/[C@@H](O)C[C@@H](O)CC(=O)[O-]. The monoisotopic (exact) mass is 462 g/mol. The molecule has 2 rings (SSSR count). The summed E-state index contributed by atoms with van der Waals surface area (Å²) in [5, 5.41) is 30.6. The van der Waals surface area contributed by atoms with Gasteiger partial charge in [-0.25, -0.2) is 22.7 Å². The molecule has 32 heavy (non-hydrogen) atoms. The highest BCUT2D eigenvalue weighted by Crippen LogP contribution is 2.31. The molecule has 0 saturated carbocycles. The zero-order chi connectivity index (χ0) is 24.1. The highest BCUT2D eigenvalue weighted by molar-refractivity contribution is 7.92. The van der Waals surface area contributed by atoms with Crippen LogP contribution in [0.1, 0.15) is 43.9 Å². The van der Waals surface area contributed by atoms with Gasteiger partial charge < -0.3 is 20.1 Å². The molecule has 1 aromatic heterocycles. The standard InChI is InChI=1S/C22H29N3O6S/c1-14(2)20-18(11-10-16(26)12-17(27)13-19(28)29)21(15-8-6-5-7-9-15)24-22(23-20)25(3)32(4,30)31/h5-11,14,16-17,26-27H,12-13H2,1-4H3,(H,28,29)/p-1/b11-10+/t16-,17-/m1/s1. The van der Waals surface area contributed by atoms with Crippen LogP contribution in [-0.2, 0) is 14.8 Å². The summed E-state index contributed by atoms with van der Waals surface area (Å²) in [4.78, 5) is 19.6. The lowest BCUT2D eigenvalue weighted by molar-refractivity contribution is -0.307. The number of aromatic nitrogens is 2. The van der Waals surface area contributed by atoms with Gasteiger partial charge in [-0.2, -0.15) is 0 Å². The summed E-state index contributed by atoms with van der Waals surface area (Å²) in [6.07, 6.45) is 0.972. The summed E-state index contributed by atoms with van der Waals surface area (Å²) < 4.78 is 25.1. The number of carbonyl (C=O) groups is 1. The van der Waals surface area contributed by atoms with Crippen LogP contribution in [0, 0.1) is 0 Å². The van der Waals surface area contributed by atoms with Crippen LogP contribution in [0.25, 0.3) is 17.3 Å². The van der Waals surface area contributed by atoms with E-state index in [4.69, 9.17) is 0 Å². The molecular formula is C22H28N3O6S-. The van der Waals surface area contributed by atoms with E-state index in [2.05, 4.69) is 9.97 Å². The van der Waals surface area contributed by atoms with E-state index < -0.39 is 34.6 Å². The van der Waals surface area contributed by atoms with Gasteiger partial charge in [0.1, 0.15) is 0 Å². The Morgan fingerprint density at radius 2 is 1.81 bits per heavy atom. The molecule has 0 aliphatic rings. The number of rotatable bonds is 10. The normalized spacial score (nSPS) is 14.0. The Labute approximate surface area is 188 Å². The van der Waals surface area contributed by atoms with E-state index in [0.29, 0.717) is 17.0 Å². The van der Waals surface area contributed by atoms with Crippen molar-refractivity contribution >= 4 is 28.0 Å². The topological polar surface area (TPSA) is 144 Å². The molecule has 2 atom stereocenters. The maximum Gasteiger partial charge on any atom is 0.239 e. The zero-order valence-electron chi connectivity index (χ0n) is 18.5. The van der Waals surface area contributed by atoms with Gasteiger partial charge in [0, 0.05) is 37.0 Å². The molecular weight excluding hydrogens is 434 g/mol. The van der Waals surface area contributed by atoms with Crippen molar-refractivity contribution in [3.63, 3.8) is 0 Å². The number of carboxylic acids is 1. The minimum absolute atomic E-state index is 0.0251. The van der Waals surface area contributed by atoms with Crippen LogP contribution in [0.4, 0.5) is 5.95 Å². The van der Waals surface area contributed by atoms with Crippen LogP contribution in [0.15, 0.2) is 36.4 Å². The van der Waals surface area contributed by atoms with Crippen molar-refractivity contribution in [1.82, 2.24) is 9.97 Å². The second-order valence-corrected chi connectivity index (χ2v) is 9.83. The predicted octanol–water partition coefficient (Wildman–Crippen LogP) is 0.928. The zero-order valence-corrected chi connectivity index (χ0v) is 19.3. The first-order chi connectivity index (χ1) is 14.9. The Balaban J connectivity index is 2.58. The molecule has 1 heterocycles. The smallest absolute Gasteiger partial charge is 0.239 e. The predicted molar refractivity (Wildman–Crippen MR) is 120 cm³/mol. The average molecular weight is 463 g/mol. The fourth-order valence-corrected chi connectivity index (χ4v) is 3.40. The van der Waals surface area contributed by atoms with Crippen LogP contribution in [-0.4, -0.2) is 60.1 Å². The van der Waals surface area contributed by atoms with E-state index in [0.717, 1.165) is 16.1 Å². The molecule has 0 spiro atoms. The number of benzene rings is 1. The Bertz CT molecular complexity index is 1070. The molecule has 0 bridgehead atoms. The highest BCUT2D eigenvalue weighted by Gasteiger charge is 2.22. The van der Waals surface area contributed by atoms with Crippen molar-refractivity contribution in [2.45, 2.75) is 44.8 Å². The summed E-state index contributed by atoms with van der Waals surface area (Å²) in [5.41, 5.74) is 2.37. The lowest BCUT2D eigenvalue weighted by Gasteiger charge is -2.20. The van der Waals surface area contributed by atoms with Gasteiger partial charge in [-0.1, -0.05) is 56.3 Å². The summed E-state index contributed by atoms with van der Waals surface area (Å²) in [5.74, 6) is -1.48. The van der Waals surface area contributed by atoms with E-state index in [1.807, 2.05) is 44.2 Å². The first-order valence-corrected chi connectivity index (χ1v) is 11.9. The fraction of sp³-hybridized carbons (Fsp3) is 0.409.